The highest BCUT2D eigenvalue weighted by atomic mass is 35.5. The fourth-order valence-electron chi connectivity index (χ4n) is 0.797. The van der Waals surface area contributed by atoms with Gasteiger partial charge in [0.25, 0.3) is 11.7 Å². The molecule has 0 N–H and O–H groups in total. The first kappa shape index (κ1) is 9.13. The van der Waals surface area contributed by atoms with Crippen molar-refractivity contribution < 1.29 is 13.6 Å². The summed E-state index contributed by atoms with van der Waals surface area (Å²) in [4.78, 5) is 10.5. The first-order valence-corrected chi connectivity index (χ1v) is 3.57. The van der Waals surface area contributed by atoms with Crippen LogP contribution >= 0.6 is 11.6 Å². The van der Waals surface area contributed by atoms with Crippen LogP contribution in [-0.4, -0.2) is 5.24 Å². The second-order valence-corrected chi connectivity index (χ2v) is 2.54. The van der Waals surface area contributed by atoms with E-state index in [-0.39, 0.29) is 11.1 Å². The van der Waals surface area contributed by atoms with Crippen LogP contribution in [-0.2, 0) is 0 Å². The van der Waals surface area contributed by atoms with Crippen molar-refractivity contribution in [1.29, 1.82) is 0 Å². The Balaban J connectivity index is 3.04. The van der Waals surface area contributed by atoms with Crippen molar-refractivity contribution in [3.05, 3.63) is 35.4 Å². The maximum atomic E-state index is 12.1. The molecule has 0 spiro atoms. The molecular weight excluding hydrogens is 186 g/mol. The summed E-state index contributed by atoms with van der Waals surface area (Å²) in [5.74, 6) is 0. The molecule has 0 amide bonds. The van der Waals surface area contributed by atoms with Crippen LogP contribution in [0.25, 0.3) is 0 Å². The lowest BCUT2D eigenvalue weighted by Crippen LogP contribution is -1.91. The highest BCUT2D eigenvalue weighted by Crippen LogP contribution is 2.19. The molecule has 1 nitrogen and oxygen atoms in total. The molecule has 0 saturated carbocycles. The minimum Gasteiger partial charge on any atom is -0.276 e. The Kier molecular flexibility index (Phi) is 2.76. The lowest BCUT2D eigenvalue weighted by molar-refractivity contribution is 0.108. The first-order chi connectivity index (χ1) is 5.61. The molecule has 0 heterocycles. The van der Waals surface area contributed by atoms with Gasteiger partial charge in [0.15, 0.2) is 0 Å². The minimum absolute atomic E-state index is 0.0921. The van der Waals surface area contributed by atoms with Gasteiger partial charge in [0.2, 0.25) is 0 Å². The molecule has 1 rings (SSSR count). The molecule has 0 saturated heterocycles. The third-order valence-corrected chi connectivity index (χ3v) is 1.58. The number of hydrogen-bond acceptors (Lipinski definition) is 1. The molecule has 0 unspecified atom stereocenters. The second kappa shape index (κ2) is 3.63. The number of rotatable bonds is 2. The summed E-state index contributed by atoms with van der Waals surface area (Å²) in [6, 6.07) is 5.09. The van der Waals surface area contributed by atoms with Crippen LogP contribution in [0.1, 0.15) is 22.3 Å². The molecule has 0 radical (unpaired) electrons. The van der Waals surface area contributed by atoms with Crippen LogP contribution in [0.4, 0.5) is 8.78 Å². The molecule has 1 aromatic rings. The normalized spacial score (nSPS) is 10.3. The van der Waals surface area contributed by atoms with E-state index < -0.39 is 11.7 Å². The number of carbonyl (C=O) groups excluding carboxylic acids is 1. The number of carbonyl (C=O) groups is 1. The molecule has 0 aliphatic rings. The molecule has 4 heteroatoms. The Bertz CT molecular complexity index is 299. The maximum absolute atomic E-state index is 12.1. The van der Waals surface area contributed by atoms with Gasteiger partial charge in [0, 0.05) is 11.1 Å². The number of benzene rings is 1. The Hall–Kier alpha value is -0.960. The van der Waals surface area contributed by atoms with Gasteiger partial charge in [0.05, 0.1) is 0 Å². The summed E-state index contributed by atoms with van der Waals surface area (Å²) in [6.07, 6.45) is -2.57. The van der Waals surface area contributed by atoms with E-state index in [9.17, 15) is 13.6 Å². The van der Waals surface area contributed by atoms with Gasteiger partial charge >= 0.3 is 0 Å². The molecule has 1 aromatic carbocycles. The SMILES string of the molecule is O=C(Cl)c1cccc(C(F)F)c1. The van der Waals surface area contributed by atoms with Crippen molar-refractivity contribution in [2.45, 2.75) is 6.43 Å². The molecule has 0 bridgehead atoms. The molecular formula is C8H5ClF2O. The first-order valence-electron chi connectivity index (χ1n) is 3.19. The van der Waals surface area contributed by atoms with E-state index >= 15 is 0 Å². The average molecular weight is 191 g/mol. The van der Waals surface area contributed by atoms with E-state index in [0.717, 1.165) is 6.07 Å². The van der Waals surface area contributed by atoms with E-state index in [1.165, 1.54) is 18.2 Å². The van der Waals surface area contributed by atoms with E-state index in [1.54, 1.807) is 0 Å². The lowest BCUT2D eigenvalue weighted by atomic mass is 10.1. The largest absolute Gasteiger partial charge is 0.276 e. The zero-order valence-electron chi connectivity index (χ0n) is 5.93. The van der Waals surface area contributed by atoms with Gasteiger partial charge in [0.1, 0.15) is 0 Å². The Morgan fingerprint density at radius 3 is 2.58 bits per heavy atom. The second-order valence-electron chi connectivity index (χ2n) is 2.20. The third-order valence-electron chi connectivity index (χ3n) is 1.37. The van der Waals surface area contributed by atoms with Gasteiger partial charge in [-0.3, -0.25) is 4.79 Å². The summed E-state index contributed by atoms with van der Waals surface area (Å²) in [5, 5.41) is -0.725. The highest BCUT2D eigenvalue weighted by Gasteiger charge is 2.09. The number of hydrogen-bond donors (Lipinski definition) is 0. The van der Waals surface area contributed by atoms with Crippen LogP contribution in [0.2, 0.25) is 0 Å². The molecule has 12 heavy (non-hydrogen) atoms. The van der Waals surface area contributed by atoms with Crippen LogP contribution in [0.5, 0.6) is 0 Å². The van der Waals surface area contributed by atoms with Crippen LogP contribution in [0.15, 0.2) is 24.3 Å². The van der Waals surface area contributed by atoms with Gasteiger partial charge in [-0.1, -0.05) is 18.2 Å². The Morgan fingerprint density at radius 1 is 1.42 bits per heavy atom. The fraction of sp³-hybridized carbons (Fsp3) is 0.125. The van der Waals surface area contributed by atoms with Crippen molar-refractivity contribution in [1.82, 2.24) is 0 Å². The summed E-state index contributed by atoms with van der Waals surface area (Å²) >= 11 is 5.10. The van der Waals surface area contributed by atoms with Crippen molar-refractivity contribution in [3.8, 4) is 0 Å². The molecule has 0 atom stereocenters. The molecule has 0 aliphatic heterocycles. The number of halogens is 3. The van der Waals surface area contributed by atoms with E-state index in [1.807, 2.05) is 0 Å². The van der Waals surface area contributed by atoms with Gasteiger partial charge < -0.3 is 0 Å². The standard InChI is InChI=1S/C8H5ClF2O/c9-7(12)5-2-1-3-6(4-5)8(10)11/h1-4,8H. The van der Waals surface area contributed by atoms with Crippen LogP contribution in [0.3, 0.4) is 0 Å². The average Bonchev–Trinajstić information content (AvgIpc) is 2.04. The van der Waals surface area contributed by atoms with Crippen molar-refractivity contribution in [2.75, 3.05) is 0 Å². The molecule has 64 valence electrons. The molecule has 0 aromatic heterocycles. The van der Waals surface area contributed by atoms with Crippen LogP contribution < -0.4 is 0 Å². The quantitative estimate of drug-likeness (QED) is 0.656. The summed E-state index contributed by atoms with van der Waals surface area (Å²) < 4.78 is 24.1. The van der Waals surface area contributed by atoms with E-state index in [2.05, 4.69) is 0 Å². The van der Waals surface area contributed by atoms with Gasteiger partial charge in [-0.2, -0.15) is 0 Å². The summed E-state index contributed by atoms with van der Waals surface area (Å²) in [6.45, 7) is 0. The predicted octanol–water partition coefficient (Wildman–Crippen LogP) is 3.00. The zero-order valence-corrected chi connectivity index (χ0v) is 6.68. The minimum atomic E-state index is -2.57. The van der Waals surface area contributed by atoms with E-state index in [0.29, 0.717) is 0 Å². The van der Waals surface area contributed by atoms with Crippen molar-refractivity contribution >= 4 is 16.8 Å². The Labute approximate surface area is 73.0 Å². The van der Waals surface area contributed by atoms with Gasteiger partial charge in [-0.25, -0.2) is 8.78 Å². The van der Waals surface area contributed by atoms with Crippen LogP contribution in [0, 0.1) is 0 Å². The smallest absolute Gasteiger partial charge is 0.263 e. The lowest BCUT2D eigenvalue weighted by Gasteiger charge is -1.99. The fourth-order valence-corrected chi connectivity index (χ4v) is 0.914. The third kappa shape index (κ3) is 2.01. The van der Waals surface area contributed by atoms with Crippen molar-refractivity contribution in [3.63, 3.8) is 0 Å². The summed E-state index contributed by atoms with van der Waals surface area (Å²) in [7, 11) is 0. The summed E-state index contributed by atoms with van der Waals surface area (Å²) in [5.41, 5.74) is -0.101. The van der Waals surface area contributed by atoms with Crippen molar-refractivity contribution in [2.24, 2.45) is 0 Å². The monoisotopic (exact) mass is 190 g/mol. The Morgan fingerprint density at radius 2 is 2.08 bits per heavy atom. The maximum Gasteiger partial charge on any atom is 0.263 e. The molecule has 0 fully saturated rings. The predicted molar refractivity (Wildman–Crippen MR) is 41.6 cm³/mol. The van der Waals surface area contributed by atoms with Gasteiger partial charge in [-0.15, -0.1) is 0 Å². The van der Waals surface area contributed by atoms with Gasteiger partial charge in [-0.05, 0) is 17.7 Å². The topological polar surface area (TPSA) is 17.1 Å². The highest BCUT2D eigenvalue weighted by molar-refractivity contribution is 6.67. The van der Waals surface area contributed by atoms with E-state index in [4.69, 9.17) is 11.6 Å². The zero-order chi connectivity index (χ0) is 9.14. The number of alkyl halides is 2. The molecule has 0 aliphatic carbocycles.